The van der Waals surface area contributed by atoms with Crippen molar-refractivity contribution in [2.24, 2.45) is 5.73 Å². The van der Waals surface area contributed by atoms with Crippen molar-refractivity contribution in [3.8, 4) is 0 Å². The smallest absolute Gasteiger partial charge is 0.131 e. The van der Waals surface area contributed by atoms with Gasteiger partial charge in [-0.15, -0.1) is 0 Å². The summed E-state index contributed by atoms with van der Waals surface area (Å²) in [5, 5.41) is 0. The third kappa shape index (κ3) is 3.17. The van der Waals surface area contributed by atoms with Crippen molar-refractivity contribution in [1.29, 1.82) is 0 Å². The zero-order valence-electron chi connectivity index (χ0n) is 10.6. The summed E-state index contributed by atoms with van der Waals surface area (Å²) in [4.78, 5) is 11.1. The Morgan fingerprint density at radius 3 is 2.50 bits per heavy atom. The second-order valence-electron chi connectivity index (χ2n) is 4.78. The summed E-state index contributed by atoms with van der Waals surface area (Å²) < 4.78 is 0. The molecule has 1 rings (SSSR count). The first-order valence-corrected chi connectivity index (χ1v) is 5.77. The minimum atomic E-state index is -0.170. The summed E-state index contributed by atoms with van der Waals surface area (Å²) in [5.74, 6) is 0.630. The molecule has 0 amide bonds. The SMILES string of the molecule is CC(=O)CC(N)c1cc(C(C)C)ccc1C. The molecule has 0 fully saturated rings. The fraction of sp³-hybridized carbons (Fsp3) is 0.500. The van der Waals surface area contributed by atoms with Crippen LogP contribution in [-0.4, -0.2) is 5.78 Å². The van der Waals surface area contributed by atoms with Crippen LogP contribution in [-0.2, 0) is 4.79 Å². The van der Waals surface area contributed by atoms with Crippen LogP contribution in [0.2, 0.25) is 0 Å². The molecule has 0 bridgehead atoms. The third-order valence-electron chi connectivity index (χ3n) is 2.88. The first kappa shape index (κ1) is 12.9. The number of hydrogen-bond donors (Lipinski definition) is 1. The number of benzene rings is 1. The summed E-state index contributed by atoms with van der Waals surface area (Å²) in [5.41, 5.74) is 9.59. The predicted octanol–water partition coefficient (Wildman–Crippen LogP) is 3.10. The molecule has 0 aliphatic carbocycles. The lowest BCUT2D eigenvalue weighted by Crippen LogP contribution is -2.15. The lowest BCUT2D eigenvalue weighted by atomic mass is 9.92. The Kier molecular flexibility index (Phi) is 4.25. The van der Waals surface area contributed by atoms with Gasteiger partial charge in [-0.1, -0.05) is 32.0 Å². The summed E-state index contributed by atoms with van der Waals surface area (Å²) in [7, 11) is 0. The second kappa shape index (κ2) is 5.26. The molecule has 1 aromatic carbocycles. The molecule has 0 saturated heterocycles. The van der Waals surface area contributed by atoms with E-state index < -0.39 is 0 Å². The minimum absolute atomic E-state index is 0.141. The molecule has 2 nitrogen and oxygen atoms in total. The molecule has 0 spiro atoms. The van der Waals surface area contributed by atoms with E-state index >= 15 is 0 Å². The molecule has 0 saturated carbocycles. The Morgan fingerprint density at radius 2 is 2.00 bits per heavy atom. The van der Waals surface area contributed by atoms with Gasteiger partial charge in [0.1, 0.15) is 5.78 Å². The molecule has 1 aromatic rings. The highest BCUT2D eigenvalue weighted by molar-refractivity contribution is 5.76. The second-order valence-corrected chi connectivity index (χ2v) is 4.78. The van der Waals surface area contributed by atoms with Crippen LogP contribution >= 0.6 is 0 Å². The molecule has 88 valence electrons. The number of rotatable bonds is 4. The van der Waals surface area contributed by atoms with Gasteiger partial charge < -0.3 is 5.73 Å². The summed E-state index contributed by atoms with van der Waals surface area (Å²) >= 11 is 0. The molecule has 2 N–H and O–H groups in total. The molecule has 1 atom stereocenters. The normalized spacial score (nSPS) is 12.9. The highest BCUT2D eigenvalue weighted by Gasteiger charge is 2.12. The number of nitrogens with two attached hydrogens (primary N) is 1. The molecule has 0 aromatic heterocycles. The van der Waals surface area contributed by atoms with E-state index in [0.29, 0.717) is 12.3 Å². The molecule has 16 heavy (non-hydrogen) atoms. The number of carbonyl (C=O) groups is 1. The van der Waals surface area contributed by atoms with Gasteiger partial charge in [-0.3, -0.25) is 4.79 Å². The molecule has 0 radical (unpaired) electrons. The van der Waals surface area contributed by atoms with Gasteiger partial charge in [0.2, 0.25) is 0 Å². The van der Waals surface area contributed by atoms with Gasteiger partial charge in [0, 0.05) is 12.5 Å². The van der Waals surface area contributed by atoms with E-state index in [0.717, 1.165) is 11.1 Å². The molecular weight excluding hydrogens is 198 g/mol. The van der Waals surface area contributed by atoms with Crippen LogP contribution in [0.15, 0.2) is 18.2 Å². The Labute approximate surface area is 97.9 Å². The topological polar surface area (TPSA) is 43.1 Å². The van der Waals surface area contributed by atoms with Crippen LogP contribution < -0.4 is 5.73 Å². The summed E-state index contributed by atoms with van der Waals surface area (Å²) in [6.07, 6.45) is 0.419. The molecule has 1 unspecified atom stereocenters. The maximum atomic E-state index is 11.1. The summed E-state index contributed by atoms with van der Waals surface area (Å²) in [6.45, 7) is 7.94. The molecule has 0 aliphatic rings. The Morgan fingerprint density at radius 1 is 1.38 bits per heavy atom. The Balaban J connectivity index is 3.01. The highest BCUT2D eigenvalue weighted by atomic mass is 16.1. The average molecular weight is 219 g/mol. The zero-order chi connectivity index (χ0) is 12.3. The van der Waals surface area contributed by atoms with Gasteiger partial charge in [0.15, 0.2) is 0 Å². The van der Waals surface area contributed by atoms with Crippen LogP contribution in [0.25, 0.3) is 0 Å². The van der Waals surface area contributed by atoms with Crippen molar-refractivity contribution in [1.82, 2.24) is 0 Å². The van der Waals surface area contributed by atoms with Crippen molar-refractivity contribution >= 4 is 5.78 Å². The van der Waals surface area contributed by atoms with E-state index in [4.69, 9.17) is 5.73 Å². The molecule has 0 aliphatic heterocycles. The van der Waals surface area contributed by atoms with Gasteiger partial charge in [0.25, 0.3) is 0 Å². The van der Waals surface area contributed by atoms with Crippen LogP contribution in [0.4, 0.5) is 0 Å². The maximum Gasteiger partial charge on any atom is 0.131 e. The van der Waals surface area contributed by atoms with Crippen molar-refractivity contribution < 1.29 is 4.79 Å². The van der Waals surface area contributed by atoms with Crippen molar-refractivity contribution in [2.75, 3.05) is 0 Å². The highest BCUT2D eigenvalue weighted by Crippen LogP contribution is 2.24. The van der Waals surface area contributed by atoms with E-state index in [-0.39, 0.29) is 11.8 Å². The van der Waals surface area contributed by atoms with Gasteiger partial charge in [-0.25, -0.2) is 0 Å². The number of hydrogen-bond acceptors (Lipinski definition) is 2. The van der Waals surface area contributed by atoms with Crippen LogP contribution in [0.1, 0.15) is 55.8 Å². The van der Waals surface area contributed by atoms with Crippen molar-refractivity contribution in [3.63, 3.8) is 0 Å². The largest absolute Gasteiger partial charge is 0.324 e. The van der Waals surface area contributed by atoms with E-state index in [2.05, 4.69) is 32.0 Å². The third-order valence-corrected chi connectivity index (χ3v) is 2.88. The molecule has 0 heterocycles. The van der Waals surface area contributed by atoms with E-state index in [9.17, 15) is 4.79 Å². The Bertz CT molecular complexity index is 382. The standard InChI is InChI=1S/C14H21NO/c1-9(2)12-6-5-10(3)13(8-12)14(15)7-11(4)16/h5-6,8-9,14H,7,15H2,1-4H3. The van der Waals surface area contributed by atoms with E-state index in [1.807, 2.05) is 6.92 Å². The van der Waals surface area contributed by atoms with Gasteiger partial charge in [-0.2, -0.15) is 0 Å². The Hall–Kier alpha value is -1.15. The van der Waals surface area contributed by atoms with Gasteiger partial charge in [-0.05, 0) is 36.5 Å². The number of Topliss-reactive ketones (excluding diaryl/α,β-unsaturated/α-hetero) is 1. The van der Waals surface area contributed by atoms with Gasteiger partial charge in [0.05, 0.1) is 0 Å². The van der Waals surface area contributed by atoms with Gasteiger partial charge >= 0.3 is 0 Å². The minimum Gasteiger partial charge on any atom is -0.324 e. The lowest BCUT2D eigenvalue weighted by molar-refractivity contribution is -0.117. The lowest BCUT2D eigenvalue weighted by Gasteiger charge is -2.16. The first-order valence-electron chi connectivity index (χ1n) is 5.77. The van der Waals surface area contributed by atoms with E-state index in [1.54, 1.807) is 6.92 Å². The van der Waals surface area contributed by atoms with Crippen LogP contribution in [0, 0.1) is 6.92 Å². The quantitative estimate of drug-likeness (QED) is 0.845. The number of carbonyl (C=O) groups excluding carboxylic acids is 1. The zero-order valence-corrected chi connectivity index (χ0v) is 10.6. The fourth-order valence-corrected chi connectivity index (χ4v) is 1.84. The van der Waals surface area contributed by atoms with Crippen LogP contribution in [0.5, 0.6) is 0 Å². The van der Waals surface area contributed by atoms with E-state index in [1.165, 1.54) is 5.56 Å². The maximum absolute atomic E-state index is 11.1. The van der Waals surface area contributed by atoms with Crippen molar-refractivity contribution in [3.05, 3.63) is 34.9 Å². The fourth-order valence-electron chi connectivity index (χ4n) is 1.84. The predicted molar refractivity (Wildman–Crippen MR) is 67.5 cm³/mol. The first-order chi connectivity index (χ1) is 7.41. The summed E-state index contributed by atoms with van der Waals surface area (Å²) in [6, 6.07) is 6.18. The number of aryl methyl sites for hydroxylation is 1. The van der Waals surface area contributed by atoms with Crippen molar-refractivity contribution in [2.45, 2.75) is 46.1 Å². The monoisotopic (exact) mass is 219 g/mol. The number of ketones is 1. The molecular formula is C14H21NO. The molecule has 2 heteroatoms. The van der Waals surface area contributed by atoms with Crippen LogP contribution in [0.3, 0.4) is 0 Å². The average Bonchev–Trinajstić information content (AvgIpc) is 2.16.